The molecule has 0 bridgehead atoms. The van der Waals surface area contributed by atoms with Crippen LogP contribution >= 0.6 is 0 Å². The minimum absolute atomic E-state index is 0.203. The molecule has 0 atom stereocenters. The summed E-state index contributed by atoms with van der Waals surface area (Å²) in [6, 6.07) is 4.83. The van der Waals surface area contributed by atoms with E-state index in [1.165, 1.54) is 17.8 Å². The van der Waals surface area contributed by atoms with Crippen molar-refractivity contribution < 1.29 is 19.1 Å². The number of carbonyl (C=O) groups excluding carboxylic acids is 3. The summed E-state index contributed by atoms with van der Waals surface area (Å²) in [5.41, 5.74) is 1.03. The lowest BCUT2D eigenvalue weighted by Gasteiger charge is -2.02. The van der Waals surface area contributed by atoms with E-state index >= 15 is 0 Å². The van der Waals surface area contributed by atoms with Crippen molar-refractivity contribution in [2.75, 3.05) is 6.61 Å². The second-order valence-corrected chi connectivity index (χ2v) is 4.25. The van der Waals surface area contributed by atoms with E-state index in [1.54, 1.807) is 25.1 Å². The number of fused-ring (bicyclic) bond motifs is 1. The highest BCUT2D eigenvalue weighted by Gasteiger charge is 2.14. The Hall–Kier alpha value is -2.50. The first kappa shape index (κ1) is 13.9. The molecule has 0 fully saturated rings. The predicted molar refractivity (Wildman–Crippen MR) is 71.6 cm³/mol. The van der Waals surface area contributed by atoms with Gasteiger partial charge >= 0.3 is 5.97 Å². The number of esters is 1. The molecule has 0 N–H and O–H groups in total. The summed E-state index contributed by atoms with van der Waals surface area (Å²) in [6.07, 6.45) is 1.22. The molecular formula is C14H14N2O4. The lowest BCUT2D eigenvalue weighted by atomic mass is 10.1. The highest BCUT2D eigenvalue weighted by Crippen LogP contribution is 2.17. The normalized spacial score (nSPS) is 10.5. The van der Waals surface area contributed by atoms with Gasteiger partial charge in [-0.15, -0.1) is 0 Å². The van der Waals surface area contributed by atoms with E-state index in [-0.39, 0.29) is 24.7 Å². The fourth-order valence-electron chi connectivity index (χ4n) is 1.90. The second-order valence-electron chi connectivity index (χ2n) is 4.25. The first-order valence-corrected chi connectivity index (χ1v) is 6.20. The third kappa shape index (κ3) is 2.74. The molecule has 0 spiro atoms. The summed E-state index contributed by atoms with van der Waals surface area (Å²) in [7, 11) is 0. The zero-order valence-electron chi connectivity index (χ0n) is 11.3. The van der Waals surface area contributed by atoms with Crippen LogP contribution in [0.4, 0.5) is 0 Å². The fourth-order valence-corrected chi connectivity index (χ4v) is 1.90. The van der Waals surface area contributed by atoms with Gasteiger partial charge in [0.05, 0.1) is 18.3 Å². The molecule has 20 heavy (non-hydrogen) atoms. The summed E-state index contributed by atoms with van der Waals surface area (Å²) in [5.74, 6) is -1.07. The van der Waals surface area contributed by atoms with Crippen LogP contribution in [0, 0.1) is 0 Å². The third-order valence-electron chi connectivity index (χ3n) is 2.80. The summed E-state index contributed by atoms with van der Waals surface area (Å²) < 4.78 is 6.00. The van der Waals surface area contributed by atoms with Crippen LogP contribution in [0.3, 0.4) is 0 Å². The molecule has 2 rings (SSSR count). The van der Waals surface area contributed by atoms with Gasteiger partial charge in [0.1, 0.15) is 6.42 Å². The molecule has 0 amide bonds. The van der Waals surface area contributed by atoms with E-state index in [2.05, 4.69) is 5.10 Å². The maximum Gasteiger partial charge on any atom is 0.313 e. The molecule has 0 saturated carbocycles. The van der Waals surface area contributed by atoms with Crippen molar-refractivity contribution >= 4 is 28.6 Å². The fraction of sp³-hybridized carbons (Fsp3) is 0.286. The number of ketones is 1. The largest absolute Gasteiger partial charge is 0.466 e. The number of rotatable bonds is 4. The number of aromatic nitrogens is 2. The highest BCUT2D eigenvalue weighted by atomic mass is 16.5. The SMILES string of the molecule is CCOC(=O)CC(=O)c1ccc2c(cnn2C(C)=O)c1. The molecule has 1 aromatic carbocycles. The van der Waals surface area contributed by atoms with E-state index in [4.69, 9.17) is 4.74 Å². The Kier molecular flexibility index (Phi) is 3.93. The van der Waals surface area contributed by atoms with Crippen LogP contribution in [-0.4, -0.2) is 34.0 Å². The minimum atomic E-state index is -0.544. The number of nitrogens with zero attached hydrogens (tertiary/aromatic N) is 2. The third-order valence-corrected chi connectivity index (χ3v) is 2.80. The monoisotopic (exact) mass is 274 g/mol. The lowest BCUT2D eigenvalue weighted by Crippen LogP contribution is -2.11. The van der Waals surface area contributed by atoms with Crippen LogP contribution in [0.15, 0.2) is 24.4 Å². The van der Waals surface area contributed by atoms with Crippen molar-refractivity contribution in [3.63, 3.8) is 0 Å². The highest BCUT2D eigenvalue weighted by molar-refractivity contribution is 6.07. The van der Waals surface area contributed by atoms with Crippen molar-refractivity contribution in [1.82, 2.24) is 9.78 Å². The summed E-state index contributed by atoms with van der Waals surface area (Å²) in [4.78, 5) is 34.5. The molecule has 6 nitrogen and oxygen atoms in total. The zero-order valence-corrected chi connectivity index (χ0v) is 11.3. The van der Waals surface area contributed by atoms with Crippen molar-refractivity contribution in [2.45, 2.75) is 20.3 Å². The van der Waals surface area contributed by atoms with Crippen molar-refractivity contribution in [3.05, 3.63) is 30.0 Å². The average Bonchev–Trinajstić information content (AvgIpc) is 2.81. The predicted octanol–water partition coefficient (Wildman–Crippen LogP) is 1.83. The second kappa shape index (κ2) is 5.64. The van der Waals surface area contributed by atoms with Gasteiger partial charge in [-0.2, -0.15) is 5.10 Å². The molecule has 2 aromatic rings. The van der Waals surface area contributed by atoms with Gasteiger partial charge in [0.2, 0.25) is 5.91 Å². The lowest BCUT2D eigenvalue weighted by molar-refractivity contribution is -0.141. The van der Waals surface area contributed by atoms with E-state index in [0.29, 0.717) is 16.5 Å². The first-order valence-electron chi connectivity index (χ1n) is 6.20. The minimum Gasteiger partial charge on any atom is -0.466 e. The standard InChI is InChI=1S/C14H14N2O4/c1-3-20-14(19)7-13(18)10-4-5-12-11(6-10)8-15-16(12)9(2)17/h4-6,8H,3,7H2,1-2H3. The van der Waals surface area contributed by atoms with Gasteiger partial charge in [-0.05, 0) is 25.1 Å². The van der Waals surface area contributed by atoms with Crippen molar-refractivity contribution in [1.29, 1.82) is 0 Å². The van der Waals surface area contributed by atoms with Crippen molar-refractivity contribution in [2.24, 2.45) is 0 Å². The van der Waals surface area contributed by atoms with Crippen LogP contribution in [-0.2, 0) is 9.53 Å². The van der Waals surface area contributed by atoms with E-state index < -0.39 is 5.97 Å². The summed E-state index contributed by atoms with van der Waals surface area (Å²) in [6.45, 7) is 3.34. The van der Waals surface area contributed by atoms with Crippen LogP contribution in [0.2, 0.25) is 0 Å². The Labute approximate surface area is 115 Å². The smallest absolute Gasteiger partial charge is 0.313 e. The van der Waals surface area contributed by atoms with Gasteiger partial charge in [-0.25, -0.2) is 4.68 Å². The number of hydrogen-bond donors (Lipinski definition) is 0. The molecule has 0 radical (unpaired) electrons. The number of benzene rings is 1. The molecule has 0 saturated heterocycles. The maximum absolute atomic E-state index is 11.9. The van der Waals surface area contributed by atoms with Gasteiger partial charge in [0, 0.05) is 17.9 Å². The molecule has 0 aliphatic rings. The van der Waals surface area contributed by atoms with Gasteiger partial charge in [-0.1, -0.05) is 0 Å². The van der Waals surface area contributed by atoms with Crippen LogP contribution in [0.5, 0.6) is 0 Å². The molecular weight excluding hydrogens is 260 g/mol. The van der Waals surface area contributed by atoms with Gasteiger partial charge < -0.3 is 4.74 Å². The van der Waals surface area contributed by atoms with E-state index in [1.807, 2.05) is 0 Å². The molecule has 1 heterocycles. The van der Waals surface area contributed by atoms with Crippen LogP contribution in [0.1, 0.15) is 35.4 Å². The molecule has 104 valence electrons. The molecule has 1 aromatic heterocycles. The summed E-state index contributed by atoms with van der Waals surface area (Å²) >= 11 is 0. The van der Waals surface area contributed by atoms with E-state index in [9.17, 15) is 14.4 Å². The van der Waals surface area contributed by atoms with Crippen LogP contribution < -0.4 is 0 Å². The average molecular weight is 274 g/mol. The number of Topliss-reactive ketones (excluding diaryl/α,β-unsaturated/α-hetero) is 1. The Bertz CT molecular complexity index is 688. The summed E-state index contributed by atoms with van der Waals surface area (Å²) in [5, 5.41) is 4.63. The number of hydrogen-bond acceptors (Lipinski definition) is 5. The Morgan fingerprint density at radius 2 is 2.05 bits per heavy atom. The Morgan fingerprint density at radius 3 is 2.70 bits per heavy atom. The number of ether oxygens (including phenoxy) is 1. The topological polar surface area (TPSA) is 78.3 Å². The quantitative estimate of drug-likeness (QED) is 0.483. The van der Waals surface area contributed by atoms with Gasteiger partial charge in [0.25, 0.3) is 0 Å². The Morgan fingerprint density at radius 1 is 1.30 bits per heavy atom. The molecule has 0 aliphatic carbocycles. The van der Waals surface area contributed by atoms with Crippen molar-refractivity contribution in [3.8, 4) is 0 Å². The van der Waals surface area contributed by atoms with E-state index in [0.717, 1.165) is 0 Å². The van der Waals surface area contributed by atoms with Crippen LogP contribution in [0.25, 0.3) is 10.9 Å². The van der Waals surface area contributed by atoms with Gasteiger partial charge in [-0.3, -0.25) is 14.4 Å². The molecule has 0 unspecified atom stereocenters. The number of carbonyl (C=O) groups is 3. The first-order chi connectivity index (χ1) is 9.52. The Balaban J connectivity index is 2.26. The zero-order chi connectivity index (χ0) is 14.7. The molecule has 0 aliphatic heterocycles. The molecule has 6 heteroatoms. The maximum atomic E-state index is 11.9. The van der Waals surface area contributed by atoms with Gasteiger partial charge in [0.15, 0.2) is 5.78 Å².